The standard InChI is InChI=1S/C26H22F6O5.Li/c1-16-13-19(24(35,25(27,28)29)26(30,31)32)9-12-22(16)37-21(14-17-5-3-2-4-6-17)15-36-20-10-7-18(8-11-20)23(33)34;/h2-13,21,35H,14-15H2,1H3,(H,33,34);/q;+1/p-1/t21-;/m0./s1. The maximum Gasteiger partial charge on any atom is 1.00 e. The third-order valence-electron chi connectivity index (χ3n) is 5.54. The average Bonchev–Trinajstić information content (AvgIpc) is 2.82. The number of carbonyl (C=O) groups excluding carboxylic acids is 1. The van der Waals surface area contributed by atoms with Gasteiger partial charge in [-0.15, -0.1) is 0 Å². The van der Waals surface area contributed by atoms with E-state index < -0.39 is 35.6 Å². The maximum absolute atomic E-state index is 13.2. The van der Waals surface area contributed by atoms with Gasteiger partial charge in [0.15, 0.2) is 0 Å². The van der Waals surface area contributed by atoms with E-state index in [1.165, 1.54) is 31.2 Å². The summed E-state index contributed by atoms with van der Waals surface area (Å²) in [6.45, 7) is 1.17. The van der Waals surface area contributed by atoms with Gasteiger partial charge in [0.25, 0.3) is 5.60 Å². The van der Waals surface area contributed by atoms with Crippen LogP contribution in [0.4, 0.5) is 26.3 Å². The van der Waals surface area contributed by atoms with Crippen molar-refractivity contribution in [3.63, 3.8) is 0 Å². The van der Waals surface area contributed by atoms with E-state index in [0.717, 1.165) is 11.6 Å². The first-order chi connectivity index (χ1) is 17.2. The van der Waals surface area contributed by atoms with Crippen LogP contribution in [0, 0.1) is 6.92 Å². The molecule has 0 aromatic heterocycles. The minimum atomic E-state index is -6.00. The van der Waals surface area contributed by atoms with Crippen LogP contribution >= 0.6 is 0 Å². The summed E-state index contributed by atoms with van der Waals surface area (Å²) in [4.78, 5) is 10.9. The van der Waals surface area contributed by atoms with Crippen molar-refractivity contribution in [1.82, 2.24) is 0 Å². The third kappa shape index (κ3) is 7.04. The molecular formula is C26H21F6LiO5. The Balaban J connectivity index is 0.00000507. The molecule has 0 amide bonds. The van der Waals surface area contributed by atoms with Crippen LogP contribution in [-0.4, -0.2) is 36.1 Å². The molecule has 0 bridgehead atoms. The SMILES string of the molecule is Cc1cc(C(O)(C(F)(F)F)C(F)(F)F)ccc1O[C@H](COc1ccc(C(=O)[O-])cc1)Cc1ccccc1.[Li+]. The third-order valence-corrected chi connectivity index (χ3v) is 5.54. The fourth-order valence-corrected chi connectivity index (χ4v) is 3.56. The molecule has 12 heteroatoms. The second-order valence-electron chi connectivity index (χ2n) is 8.24. The summed E-state index contributed by atoms with van der Waals surface area (Å²) in [5.74, 6) is -1.06. The molecule has 0 aliphatic rings. The summed E-state index contributed by atoms with van der Waals surface area (Å²) in [6, 6.07) is 16.3. The van der Waals surface area contributed by atoms with Crippen molar-refractivity contribution in [2.45, 2.75) is 37.4 Å². The number of carbonyl (C=O) groups is 1. The maximum atomic E-state index is 13.2. The number of hydrogen-bond acceptors (Lipinski definition) is 5. The van der Waals surface area contributed by atoms with Gasteiger partial charge in [-0.3, -0.25) is 0 Å². The zero-order chi connectivity index (χ0) is 27.4. The minimum Gasteiger partial charge on any atom is -0.545 e. The molecule has 1 N–H and O–H groups in total. The van der Waals surface area contributed by atoms with Gasteiger partial charge in [-0.2, -0.15) is 26.3 Å². The van der Waals surface area contributed by atoms with Gasteiger partial charge in [0, 0.05) is 12.0 Å². The Morgan fingerprint density at radius 3 is 2.00 bits per heavy atom. The zero-order valence-corrected chi connectivity index (χ0v) is 20.3. The van der Waals surface area contributed by atoms with E-state index >= 15 is 0 Å². The molecule has 0 aliphatic carbocycles. The van der Waals surface area contributed by atoms with E-state index in [4.69, 9.17) is 9.47 Å². The molecule has 0 spiro atoms. The predicted octanol–water partition coefficient (Wildman–Crippen LogP) is 1.74. The Hall–Kier alpha value is -3.13. The number of aliphatic hydroxyl groups is 1. The molecule has 0 heterocycles. The molecule has 0 saturated carbocycles. The molecule has 3 aromatic rings. The number of alkyl halides is 6. The van der Waals surface area contributed by atoms with Crippen LogP contribution < -0.4 is 33.4 Å². The summed E-state index contributed by atoms with van der Waals surface area (Å²) in [6.07, 6.45) is -12.5. The van der Waals surface area contributed by atoms with Crippen LogP contribution in [0.3, 0.4) is 0 Å². The Labute approximate surface area is 226 Å². The largest absolute Gasteiger partial charge is 1.00 e. The van der Waals surface area contributed by atoms with Crippen LogP contribution in [0.1, 0.15) is 27.0 Å². The summed E-state index contributed by atoms with van der Waals surface area (Å²) in [5.41, 5.74) is -5.74. The summed E-state index contributed by atoms with van der Waals surface area (Å²) in [7, 11) is 0. The van der Waals surface area contributed by atoms with Gasteiger partial charge in [0.1, 0.15) is 24.2 Å². The Bertz CT molecular complexity index is 1200. The number of rotatable bonds is 9. The molecule has 1 atom stereocenters. The zero-order valence-electron chi connectivity index (χ0n) is 20.3. The molecule has 3 rings (SSSR count). The van der Waals surface area contributed by atoms with Crippen LogP contribution in [0.2, 0.25) is 0 Å². The number of halogens is 6. The van der Waals surface area contributed by atoms with Gasteiger partial charge in [0.05, 0.1) is 5.97 Å². The van der Waals surface area contributed by atoms with Crippen molar-refractivity contribution in [1.29, 1.82) is 0 Å². The van der Waals surface area contributed by atoms with Gasteiger partial charge < -0.3 is 24.5 Å². The molecule has 0 unspecified atom stereocenters. The van der Waals surface area contributed by atoms with Crippen molar-refractivity contribution in [3.05, 3.63) is 95.1 Å². The second kappa shape index (κ2) is 12.2. The molecule has 0 saturated heterocycles. The molecule has 5 nitrogen and oxygen atoms in total. The second-order valence-corrected chi connectivity index (χ2v) is 8.24. The monoisotopic (exact) mass is 534 g/mol. The van der Waals surface area contributed by atoms with Crippen molar-refractivity contribution in [2.24, 2.45) is 0 Å². The number of carboxylic acids is 1. The van der Waals surface area contributed by atoms with E-state index in [9.17, 15) is 41.4 Å². The molecule has 38 heavy (non-hydrogen) atoms. The smallest absolute Gasteiger partial charge is 0.545 e. The van der Waals surface area contributed by atoms with E-state index in [0.29, 0.717) is 17.9 Å². The minimum absolute atomic E-state index is 0. The first-order valence-electron chi connectivity index (χ1n) is 10.8. The average molecular weight is 534 g/mol. The van der Waals surface area contributed by atoms with E-state index in [-0.39, 0.29) is 48.8 Å². The quantitative estimate of drug-likeness (QED) is 0.335. The number of aryl methyl sites for hydroxylation is 1. The number of aromatic carboxylic acids is 1. The van der Waals surface area contributed by atoms with Crippen LogP contribution in [0.15, 0.2) is 72.8 Å². The van der Waals surface area contributed by atoms with Crippen molar-refractivity contribution >= 4 is 5.97 Å². The predicted molar refractivity (Wildman–Crippen MR) is 118 cm³/mol. The molecule has 0 aliphatic heterocycles. The first kappa shape index (κ1) is 31.1. The molecular weight excluding hydrogens is 513 g/mol. The fourth-order valence-electron chi connectivity index (χ4n) is 3.56. The molecule has 198 valence electrons. The van der Waals surface area contributed by atoms with Gasteiger partial charge >= 0.3 is 31.2 Å². The Morgan fingerprint density at radius 1 is 0.921 bits per heavy atom. The number of benzene rings is 3. The molecule has 3 aromatic carbocycles. The van der Waals surface area contributed by atoms with Crippen LogP contribution in [0.25, 0.3) is 0 Å². The Morgan fingerprint density at radius 2 is 1.50 bits per heavy atom. The van der Waals surface area contributed by atoms with Crippen molar-refractivity contribution in [2.75, 3.05) is 6.61 Å². The summed E-state index contributed by atoms with van der Waals surface area (Å²) in [5, 5.41) is 20.6. The fraction of sp³-hybridized carbons (Fsp3) is 0.269. The van der Waals surface area contributed by atoms with Gasteiger partial charge in [-0.1, -0.05) is 36.4 Å². The van der Waals surface area contributed by atoms with E-state index in [1.54, 1.807) is 30.3 Å². The van der Waals surface area contributed by atoms with Crippen molar-refractivity contribution in [3.8, 4) is 11.5 Å². The number of carboxylic acid groups (broad SMARTS) is 1. The van der Waals surface area contributed by atoms with Crippen LogP contribution in [0.5, 0.6) is 11.5 Å². The normalized spacial score (nSPS) is 12.8. The number of hydrogen-bond donors (Lipinski definition) is 1. The molecule has 0 radical (unpaired) electrons. The van der Waals surface area contributed by atoms with E-state index in [1.807, 2.05) is 0 Å². The van der Waals surface area contributed by atoms with Crippen LogP contribution in [-0.2, 0) is 12.0 Å². The summed E-state index contributed by atoms with van der Waals surface area (Å²) < 4.78 is 91.1. The topological polar surface area (TPSA) is 78.8 Å². The van der Waals surface area contributed by atoms with Gasteiger partial charge in [-0.05, 0) is 60.0 Å². The Kier molecular flexibility index (Phi) is 9.94. The summed E-state index contributed by atoms with van der Waals surface area (Å²) >= 11 is 0. The van der Waals surface area contributed by atoms with E-state index in [2.05, 4.69) is 0 Å². The first-order valence-corrected chi connectivity index (χ1v) is 10.8. The van der Waals surface area contributed by atoms with Gasteiger partial charge in [0.2, 0.25) is 0 Å². The molecule has 0 fully saturated rings. The van der Waals surface area contributed by atoms with Gasteiger partial charge in [-0.25, -0.2) is 0 Å². The number of ether oxygens (including phenoxy) is 2. The van der Waals surface area contributed by atoms with Crippen molar-refractivity contribution < 1.29 is 69.7 Å².